The van der Waals surface area contributed by atoms with E-state index in [9.17, 15) is 4.79 Å². The molecule has 0 atom stereocenters. The Labute approximate surface area is 84.3 Å². The lowest BCUT2D eigenvalue weighted by molar-refractivity contribution is 0.123. The van der Waals surface area contributed by atoms with Crippen molar-refractivity contribution in [3.63, 3.8) is 0 Å². The molecule has 14 heavy (non-hydrogen) atoms. The molecule has 0 bridgehead atoms. The van der Waals surface area contributed by atoms with E-state index >= 15 is 0 Å². The van der Waals surface area contributed by atoms with Crippen LogP contribution in [-0.4, -0.2) is 24.6 Å². The van der Waals surface area contributed by atoms with Gasteiger partial charge in [-0.2, -0.15) is 0 Å². The van der Waals surface area contributed by atoms with Gasteiger partial charge in [-0.1, -0.05) is 30.3 Å². The Morgan fingerprint density at radius 3 is 2.50 bits per heavy atom. The average molecular weight is 193 g/mol. The average Bonchev–Trinajstić information content (AvgIpc) is 2.26. The summed E-state index contributed by atoms with van der Waals surface area (Å²) in [4.78, 5) is 12.9. The third kappa shape index (κ3) is 2.76. The minimum atomic E-state index is -0.281. The number of hydrogen-bond donors (Lipinski definition) is 0. The number of benzene rings is 1. The molecule has 0 spiro atoms. The molecule has 1 aromatic rings. The zero-order valence-corrected chi connectivity index (χ0v) is 8.56. The van der Waals surface area contributed by atoms with Crippen LogP contribution in [-0.2, 0) is 11.3 Å². The van der Waals surface area contributed by atoms with Crippen LogP contribution in [0.4, 0.5) is 4.79 Å². The van der Waals surface area contributed by atoms with E-state index in [1.165, 1.54) is 7.11 Å². The minimum Gasteiger partial charge on any atom is -0.453 e. The van der Waals surface area contributed by atoms with Crippen molar-refractivity contribution in [1.29, 1.82) is 0 Å². The predicted octanol–water partition coefficient (Wildman–Crippen LogP) is 2.27. The molecule has 76 valence electrons. The second-order valence-electron chi connectivity index (χ2n) is 2.97. The van der Waals surface area contributed by atoms with Crippen LogP contribution in [0.2, 0.25) is 0 Å². The summed E-state index contributed by atoms with van der Waals surface area (Å²) < 4.78 is 4.66. The summed E-state index contributed by atoms with van der Waals surface area (Å²) in [6, 6.07) is 9.86. The maximum Gasteiger partial charge on any atom is 0.409 e. The van der Waals surface area contributed by atoms with Crippen LogP contribution in [0, 0.1) is 0 Å². The number of carbonyl (C=O) groups is 1. The maximum absolute atomic E-state index is 11.3. The quantitative estimate of drug-likeness (QED) is 0.737. The number of carbonyl (C=O) groups excluding carboxylic acids is 1. The third-order valence-corrected chi connectivity index (χ3v) is 2.03. The van der Waals surface area contributed by atoms with E-state index in [0.29, 0.717) is 13.1 Å². The van der Waals surface area contributed by atoms with E-state index in [2.05, 4.69) is 4.74 Å². The van der Waals surface area contributed by atoms with Crippen molar-refractivity contribution >= 4 is 6.09 Å². The van der Waals surface area contributed by atoms with Gasteiger partial charge >= 0.3 is 6.09 Å². The predicted molar refractivity (Wildman–Crippen MR) is 54.9 cm³/mol. The molecule has 0 radical (unpaired) electrons. The topological polar surface area (TPSA) is 29.5 Å². The van der Waals surface area contributed by atoms with E-state index in [1.54, 1.807) is 4.90 Å². The Bertz CT molecular complexity index is 285. The minimum absolute atomic E-state index is 0.281. The zero-order chi connectivity index (χ0) is 10.4. The monoisotopic (exact) mass is 193 g/mol. The van der Waals surface area contributed by atoms with E-state index in [1.807, 2.05) is 37.3 Å². The van der Waals surface area contributed by atoms with Crippen molar-refractivity contribution in [3.8, 4) is 0 Å². The molecule has 0 heterocycles. The normalized spacial score (nSPS) is 9.57. The van der Waals surface area contributed by atoms with E-state index in [0.717, 1.165) is 5.56 Å². The Hall–Kier alpha value is -1.51. The molecular formula is C11H15NO2. The molecule has 0 aliphatic heterocycles. The molecule has 0 saturated carbocycles. The molecule has 3 heteroatoms. The summed E-state index contributed by atoms with van der Waals surface area (Å²) in [5.74, 6) is 0. The van der Waals surface area contributed by atoms with Crippen molar-refractivity contribution in [3.05, 3.63) is 35.9 Å². The van der Waals surface area contributed by atoms with Gasteiger partial charge < -0.3 is 9.64 Å². The SMILES string of the molecule is CCN(Cc1ccccc1)C(=O)OC. The molecule has 1 aromatic carbocycles. The van der Waals surface area contributed by atoms with Gasteiger partial charge in [0.25, 0.3) is 0 Å². The van der Waals surface area contributed by atoms with Crippen molar-refractivity contribution < 1.29 is 9.53 Å². The van der Waals surface area contributed by atoms with Gasteiger partial charge in [0.05, 0.1) is 7.11 Å². The standard InChI is InChI=1S/C11H15NO2/c1-3-12(11(13)14-2)9-10-7-5-4-6-8-10/h4-8H,3,9H2,1-2H3. The van der Waals surface area contributed by atoms with E-state index in [4.69, 9.17) is 0 Å². The summed E-state index contributed by atoms with van der Waals surface area (Å²) in [6.45, 7) is 3.19. The van der Waals surface area contributed by atoms with Crippen molar-refractivity contribution in [1.82, 2.24) is 4.90 Å². The fourth-order valence-electron chi connectivity index (χ4n) is 1.24. The first-order chi connectivity index (χ1) is 6.77. The van der Waals surface area contributed by atoms with Gasteiger partial charge in [0.1, 0.15) is 0 Å². The lowest BCUT2D eigenvalue weighted by Crippen LogP contribution is -2.29. The van der Waals surface area contributed by atoms with Crippen molar-refractivity contribution in [2.24, 2.45) is 0 Å². The molecule has 0 unspecified atom stereocenters. The first-order valence-corrected chi connectivity index (χ1v) is 4.64. The van der Waals surface area contributed by atoms with Gasteiger partial charge in [-0.05, 0) is 12.5 Å². The van der Waals surface area contributed by atoms with Gasteiger partial charge in [-0.25, -0.2) is 4.79 Å². The Morgan fingerprint density at radius 1 is 1.36 bits per heavy atom. The lowest BCUT2D eigenvalue weighted by Gasteiger charge is -2.18. The highest BCUT2D eigenvalue weighted by Gasteiger charge is 2.10. The summed E-state index contributed by atoms with van der Waals surface area (Å²) in [6.07, 6.45) is -0.281. The van der Waals surface area contributed by atoms with Crippen LogP contribution in [0.5, 0.6) is 0 Å². The second-order valence-corrected chi connectivity index (χ2v) is 2.97. The van der Waals surface area contributed by atoms with Crippen molar-refractivity contribution in [2.45, 2.75) is 13.5 Å². The summed E-state index contributed by atoms with van der Waals surface area (Å²) in [7, 11) is 1.40. The molecule has 0 aliphatic rings. The fourth-order valence-corrected chi connectivity index (χ4v) is 1.24. The molecule has 1 amide bonds. The molecule has 0 fully saturated rings. The van der Waals surface area contributed by atoms with Crippen LogP contribution in [0.1, 0.15) is 12.5 Å². The number of nitrogens with zero attached hydrogens (tertiary/aromatic N) is 1. The highest BCUT2D eigenvalue weighted by molar-refractivity contribution is 5.67. The van der Waals surface area contributed by atoms with Crippen LogP contribution < -0.4 is 0 Å². The highest BCUT2D eigenvalue weighted by Crippen LogP contribution is 2.04. The molecular weight excluding hydrogens is 178 g/mol. The first-order valence-electron chi connectivity index (χ1n) is 4.64. The van der Waals surface area contributed by atoms with Crippen molar-refractivity contribution in [2.75, 3.05) is 13.7 Å². The van der Waals surface area contributed by atoms with Gasteiger partial charge in [-0.15, -0.1) is 0 Å². The van der Waals surface area contributed by atoms with Crippen LogP contribution in [0.3, 0.4) is 0 Å². The van der Waals surface area contributed by atoms with Crippen LogP contribution in [0.15, 0.2) is 30.3 Å². The van der Waals surface area contributed by atoms with E-state index in [-0.39, 0.29) is 6.09 Å². The molecule has 0 N–H and O–H groups in total. The van der Waals surface area contributed by atoms with Gasteiger partial charge in [0.2, 0.25) is 0 Å². The molecule has 0 saturated heterocycles. The third-order valence-electron chi connectivity index (χ3n) is 2.03. The second kappa shape index (κ2) is 5.27. The molecule has 0 aromatic heterocycles. The first kappa shape index (κ1) is 10.6. The molecule has 3 nitrogen and oxygen atoms in total. The number of hydrogen-bond acceptors (Lipinski definition) is 2. The number of amides is 1. The Morgan fingerprint density at radius 2 is 2.00 bits per heavy atom. The van der Waals surface area contributed by atoms with Gasteiger partial charge in [0, 0.05) is 13.1 Å². The summed E-state index contributed by atoms with van der Waals surface area (Å²) >= 11 is 0. The lowest BCUT2D eigenvalue weighted by atomic mass is 10.2. The highest BCUT2D eigenvalue weighted by atomic mass is 16.5. The summed E-state index contributed by atoms with van der Waals surface area (Å²) in [5, 5.41) is 0. The number of rotatable bonds is 3. The smallest absolute Gasteiger partial charge is 0.409 e. The number of ether oxygens (including phenoxy) is 1. The van der Waals surface area contributed by atoms with E-state index < -0.39 is 0 Å². The Kier molecular flexibility index (Phi) is 3.98. The van der Waals surface area contributed by atoms with Gasteiger partial charge in [-0.3, -0.25) is 0 Å². The molecule has 1 rings (SSSR count). The fraction of sp³-hybridized carbons (Fsp3) is 0.364. The van der Waals surface area contributed by atoms with Crippen LogP contribution >= 0.6 is 0 Å². The summed E-state index contributed by atoms with van der Waals surface area (Å²) in [5.41, 5.74) is 1.11. The van der Waals surface area contributed by atoms with Crippen LogP contribution in [0.25, 0.3) is 0 Å². The Balaban J connectivity index is 2.62. The molecule has 0 aliphatic carbocycles. The van der Waals surface area contributed by atoms with Gasteiger partial charge in [0.15, 0.2) is 0 Å². The largest absolute Gasteiger partial charge is 0.453 e. The number of methoxy groups -OCH3 is 1. The zero-order valence-electron chi connectivity index (χ0n) is 8.56. The maximum atomic E-state index is 11.3.